The molecule has 1 saturated heterocycles. The van der Waals surface area contributed by atoms with Crippen LogP contribution >= 0.6 is 0 Å². The van der Waals surface area contributed by atoms with Gasteiger partial charge >= 0.3 is 7.12 Å². The van der Waals surface area contributed by atoms with E-state index in [0.717, 1.165) is 32.4 Å². The zero-order chi connectivity index (χ0) is 10.5. The van der Waals surface area contributed by atoms with Gasteiger partial charge in [0.1, 0.15) is 5.78 Å². The molecule has 5 heteroatoms. The minimum absolute atomic E-state index is 0.156. The topological polar surface area (TPSA) is 47.6 Å². The lowest BCUT2D eigenvalue weighted by Crippen LogP contribution is -2.39. The van der Waals surface area contributed by atoms with E-state index < -0.39 is 0 Å². The zero-order valence-corrected chi connectivity index (χ0v) is 9.04. The molecule has 4 nitrogen and oxygen atoms in total. The van der Waals surface area contributed by atoms with Gasteiger partial charge in [-0.3, -0.25) is 4.79 Å². The van der Waals surface area contributed by atoms with Crippen LogP contribution in [-0.4, -0.2) is 39.2 Å². The number of carbonyl (C=O) groups excluding carboxylic acids is 1. The molecule has 1 unspecified atom stereocenters. The summed E-state index contributed by atoms with van der Waals surface area (Å²) in [6, 6.07) is 0. The van der Waals surface area contributed by atoms with Crippen LogP contribution < -0.4 is 5.32 Å². The van der Waals surface area contributed by atoms with E-state index in [-0.39, 0.29) is 12.9 Å². The molecule has 0 radical (unpaired) electrons. The van der Waals surface area contributed by atoms with Crippen molar-refractivity contribution in [1.82, 2.24) is 5.32 Å². The number of hydrogen-bond donors (Lipinski definition) is 1. The first-order chi connectivity index (χ1) is 7.36. The highest BCUT2D eigenvalue weighted by atomic mass is 16.6. The van der Waals surface area contributed by atoms with Crippen LogP contribution in [0, 0.1) is 0 Å². The third-order valence-electron chi connectivity index (χ3n) is 3.03. The summed E-state index contributed by atoms with van der Waals surface area (Å²) in [5.41, 5.74) is 0. The Labute approximate surface area is 90.8 Å². The van der Waals surface area contributed by atoms with Crippen LogP contribution in [0.3, 0.4) is 0 Å². The normalized spacial score (nSPS) is 29.7. The first-order valence-electron chi connectivity index (χ1n) is 5.82. The minimum atomic E-state index is -0.156. The van der Waals surface area contributed by atoms with Crippen molar-refractivity contribution in [3.8, 4) is 0 Å². The molecule has 0 aromatic heterocycles. The van der Waals surface area contributed by atoms with E-state index in [2.05, 4.69) is 5.32 Å². The van der Waals surface area contributed by atoms with Crippen LogP contribution in [0.1, 0.15) is 25.7 Å². The van der Waals surface area contributed by atoms with Gasteiger partial charge in [0.05, 0.1) is 0 Å². The third-order valence-corrected chi connectivity index (χ3v) is 3.03. The van der Waals surface area contributed by atoms with Gasteiger partial charge in [0, 0.05) is 45.0 Å². The average Bonchev–Trinajstić information content (AvgIpc) is 2.16. The Bertz CT molecular complexity index is 217. The molecule has 1 heterocycles. The predicted molar refractivity (Wildman–Crippen MR) is 57.8 cm³/mol. The molecule has 1 aliphatic carbocycles. The zero-order valence-electron chi connectivity index (χ0n) is 9.04. The Hall–Kier alpha value is -0.385. The predicted octanol–water partition coefficient (Wildman–Crippen LogP) is 0.624. The minimum Gasteiger partial charge on any atom is -0.410 e. The number of nitrogens with one attached hydrogen (secondary N) is 1. The van der Waals surface area contributed by atoms with Gasteiger partial charge in [-0.2, -0.15) is 0 Å². The Kier molecular flexibility index (Phi) is 4.17. The SMILES string of the molecule is O=C1CCCC(B2OCCNCCO2)C1. The summed E-state index contributed by atoms with van der Waals surface area (Å²) in [4.78, 5) is 11.3. The molecule has 1 N–H and O–H groups in total. The maximum Gasteiger partial charge on any atom is 0.460 e. The summed E-state index contributed by atoms with van der Waals surface area (Å²) in [5, 5.41) is 3.20. The van der Waals surface area contributed by atoms with Crippen molar-refractivity contribution in [2.45, 2.75) is 31.5 Å². The molecule has 1 atom stereocenters. The molecule has 0 aromatic carbocycles. The fourth-order valence-electron chi connectivity index (χ4n) is 2.23. The Morgan fingerprint density at radius 1 is 1.27 bits per heavy atom. The molecule has 2 aliphatic rings. The number of hydrogen-bond acceptors (Lipinski definition) is 4. The second kappa shape index (κ2) is 5.63. The van der Waals surface area contributed by atoms with Crippen molar-refractivity contribution in [2.75, 3.05) is 26.3 Å². The van der Waals surface area contributed by atoms with Gasteiger partial charge in [-0.05, 0) is 6.42 Å². The van der Waals surface area contributed by atoms with Crippen LogP contribution in [0.5, 0.6) is 0 Å². The van der Waals surface area contributed by atoms with Crippen LogP contribution in [0.15, 0.2) is 0 Å². The molecule has 0 bridgehead atoms. The van der Waals surface area contributed by atoms with Gasteiger partial charge in [0.2, 0.25) is 0 Å². The van der Waals surface area contributed by atoms with E-state index in [4.69, 9.17) is 9.31 Å². The Morgan fingerprint density at radius 2 is 2.00 bits per heavy atom. The molecule has 84 valence electrons. The fourth-order valence-corrected chi connectivity index (χ4v) is 2.23. The highest BCUT2D eigenvalue weighted by Crippen LogP contribution is 2.30. The number of Topliss-reactive ketones (excluding diaryl/α,β-unsaturated/α-hetero) is 1. The second-order valence-corrected chi connectivity index (χ2v) is 4.26. The molecule has 1 saturated carbocycles. The van der Waals surface area contributed by atoms with E-state index in [0.29, 0.717) is 25.4 Å². The molecule has 2 rings (SSSR count). The van der Waals surface area contributed by atoms with Crippen molar-refractivity contribution in [2.24, 2.45) is 0 Å². The summed E-state index contributed by atoms with van der Waals surface area (Å²) in [6.07, 6.45) is 3.43. The van der Waals surface area contributed by atoms with Crippen LogP contribution in [0.4, 0.5) is 0 Å². The fraction of sp³-hybridized carbons (Fsp3) is 0.900. The average molecular weight is 211 g/mol. The van der Waals surface area contributed by atoms with Crippen molar-refractivity contribution in [3.05, 3.63) is 0 Å². The maximum atomic E-state index is 11.3. The smallest absolute Gasteiger partial charge is 0.410 e. The summed E-state index contributed by atoms with van der Waals surface area (Å²) < 4.78 is 11.3. The van der Waals surface area contributed by atoms with Gasteiger partial charge in [-0.25, -0.2) is 0 Å². The standard InChI is InChI=1S/C10H18BNO3/c13-10-3-1-2-9(8-10)11-14-6-4-12-5-7-15-11/h9,12H,1-8H2. The lowest BCUT2D eigenvalue weighted by molar-refractivity contribution is -0.120. The van der Waals surface area contributed by atoms with Crippen LogP contribution in [-0.2, 0) is 14.1 Å². The third kappa shape index (κ3) is 3.29. The molecular formula is C10H18BNO3. The van der Waals surface area contributed by atoms with Gasteiger partial charge < -0.3 is 14.6 Å². The monoisotopic (exact) mass is 211 g/mol. The molecule has 0 amide bonds. The summed E-state index contributed by atoms with van der Waals surface area (Å²) in [7, 11) is -0.156. The number of carbonyl (C=O) groups is 1. The molecule has 15 heavy (non-hydrogen) atoms. The molecule has 2 fully saturated rings. The van der Waals surface area contributed by atoms with E-state index in [1.165, 1.54) is 0 Å². The summed E-state index contributed by atoms with van der Waals surface area (Å²) >= 11 is 0. The highest BCUT2D eigenvalue weighted by molar-refractivity contribution is 6.47. The van der Waals surface area contributed by atoms with Gasteiger partial charge in [0.25, 0.3) is 0 Å². The van der Waals surface area contributed by atoms with Crippen molar-refractivity contribution in [3.63, 3.8) is 0 Å². The quantitative estimate of drug-likeness (QED) is 0.646. The first kappa shape index (κ1) is 11.1. The Balaban J connectivity index is 1.86. The molecule has 1 aliphatic heterocycles. The second-order valence-electron chi connectivity index (χ2n) is 4.26. The summed E-state index contributed by atoms with van der Waals surface area (Å²) in [5.74, 6) is 0.642. The lowest BCUT2D eigenvalue weighted by Gasteiger charge is -2.27. The van der Waals surface area contributed by atoms with Crippen LogP contribution in [0.2, 0.25) is 5.82 Å². The van der Waals surface area contributed by atoms with Gasteiger partial charge in [-0.1, -0.05) is 6.42 Å². The van der Waals surface area contributed by atoms with E-state index in [1.54, 1.807) is 0 Å². The molecule has 0 spiro atoms. The van der Waals surface area contributed by atoms with E-state index in [1.807, 2.05) is 0 Å². The maximum absolute atomic E-state index is 11.3. The van der Waals surface area contributed by atoms with E-state index in [9.17, 15) is 4.79 Å². The van der Waals surface area contributed by atoms with Crippen molar-refractivity contribution >= 4 is 12.9 Å². The highest BCUT2D eigenvalue weighted by Gasteiger charge is 2.34. The Morgan fingerprint density at radius 3 is 2.67 bits per heavy atom. The largest absolute Gasteiger partial charge is 0.460 e. The number of ketones is 1. The lowest BCUT2D eigenvalue weighted by atomic mass is 9.64. The molecular weight excluding hydrogens is 193 g/mol. The summed E-state index contributed by atoms with van der Waals surface area (Å²) in [6.45, 7) is 3.10. The van der Waals surface area contributed by atoms with Gasteiger partial charge in [-0.15, -0.1) is 0 Å². The number of rotatable bonds is 1. The van der Waals surface area contributed by atoms with Crippen molar-refractivity contribution < 1.29 is 14.1 Å². The van der Waals surface area contributed by atoms with E-state index >= 15 is 0 Å². The molecule has 0 aromatic rings. The van der Waals surface area contributed by atoms with Crippen LogP contribution in [0.25, 0.3) is 0 Å². The van der Waals surface area contributed by atoms with Crippen molar-refractivity contribution in [1.29, 1.82) is 0 Å². The van der Waals surface area contributed by atoms with Gasteiger partial charge in [0.15, 0.2) is 0 Å². The first-order valence-corrected chi connectivity index (χ1v) is 5.82.